The average molecular weight is 214 g/mol. The first-order valence-corrected chi connectivity index (χ1v) is 5.22. The Hall–Kier alpha value is -1.26. The highest BCUT2D eigenvalue weighted by Gasteiger charge is 2.23. The Bertz CT molecular complexity index is 251. The third-order valence-electron chi connectivity index (χ3n) is 2.55. The van der Waals surface area contributed by atoms with E-state index >= 15 is 0 Å². The van der Waals surface area contributed by atoms with Gasteiger partial charge in [0.2, 0.25) is 0 Å². The smallest absolute Gasteiger partial charge is 0.317 e. The monoisotopic (exact) mass is 214 g/mol. The number of nitrogens with zero attached hydrogens (tertiary/aromatic N) is 1. The summed E-state index contributed by atoms with van der Waals surface area (Å²) in [6, 6.07) is -0.185. The molecule has 5 nitrogen and oxygen atoms in total. The molecule has 2 amide bonds. The van der Waals surface area contributed by atoms with Crippen LogP contribution in [0.3, 0.4) is 0 Å². The summed E-state index contributed by atoms with van der Waals surface area (Å²) in [5.41, 5.74) is 0. The fourth-order valence-electron chi connectivity index (χ4n) is 1.26. The van der Waals surface area contributed by atoms with E-state index in [1.54, 1.807) is 14.0 Å². The summed E-state index contributed by atoms with van der Waals surface area (Å²) in [5.74, 6) is -0.766. The van der Waals surface area contributed by atoms with Crippen LogP contribution in [0, 0.1) is 11.8 Å². The van der Waals surface area contributed by atoms with Crippen LogP contribution < -0.4 is 5.32 Å². The van der Waals surface area contributed by atoms with Gasteiger partial charge in [0, 0.05) is 20.1 Å². The molecule has 1 atom stereocenters. The van der Waals surface area contributed by atoms with Gasteiger partial charge in [-0.05, 0) is 18.8 Å². The molecule has 0 radical (unpaired) electrons. The van der Waals surface area contributed by atoms with E-state index in [-0.39, 0.29) is 12.6 Å². The molecule has 1 fully saturated rings. The zero-order valence-electron chi connectivity index (χ0n) is 9.19. The molecule has 0 heterocycles. The van der Waals surface area contributed by atoms with E-state index in [2.05, 4.69) is 5.32 Å². The van der Waals surface area contributed by atoms with Gasteiger partial charge in [-0.25, -0.2) is 4.79 Å². The van der Waals surface area contributed by atoms with Crippen molar-refractivity contribution in [3.63, 3.8) is 0 Å². The molecule has 0 aromatic carbocycles. The topological polar surface area (TPSA) is 69.6 Å². The Labute approximate surface area is 89.4 Å². The van der Waals surface area contributed by atoms with Gasteiger partial charge in [0.15, 0.2) is 0 Å². The fourth-order valence-corrected chi connectivity index (χ4v) is 1.26. The number of aliphatic carboxylic acids is 1. The van der Waals surface area contributed by atoms with Crippen LogP contribution in [-0.4, -0.2) is 42.1 Å². The van der Waals surface area contributed by atoms with Crippen molar-refractivity contribution in [1.82, 2.24) is 10.2 Å². The molecule has 86 valence electrons. The minimum atomic E-state index is -0.878. The number of carboxylic acid groups (broad SMARTS) is 1. The summed E-state index contributed by atoms with van der Waals surface area (Å²) in [7, 11) is 1.61. The molecule has 0 aromatic heterocycles. The fraction of sp³-hybridized carbons (Fsp3) is 0.800. The Balaban J connectivity index is 2.21. The molecule has 15 heavy (non-hydrogen) atoms. The van der Waals surface area contributed by atoms with Gasteiger partial charge in [-0.15, -0.1) is 0 Å². The molecule has 0 aliphatic heterocycles. The van der Waals surface area contributed by atoms with Crippen molar-refractivity contribution in [1.29, 1.82) is 0 Å². The minimum absolute atomic E-state index is 0.185. The molecule has 1 aliphatic rings. The van der Waals surface area contributed by atoms with Crippen LogP contribution >= 0.6 is 0 Å². The van der Waals surface area contributed by atoms with Crippen molar-refractivity contribution in [2.75, 3.05) is 20.1 Å². The van der Waals surface area contributed by atoms with Gasteiger partial charge in [-0.1, -0.05) is 6.92 Å². The van der Waals surface area contributed by atoms with E-state index in [1.807, 2.05) is 0 Å². The second kappa shape index (κ2) is 5.00. The Morgan fingerprint density at radius 1 is 1.53 bits per heavy atom. The Kier molecular flexibility index (Phi) is 3.94. The molecule has 5 heteroatoms. The van der Waals surface area contributed by atoms with Gasteiger partial charge < -0.3 is 15.3 Å². The van der Waals surface area contributed by atoms with E-state index in [4.69, 9.17) is 5.11 Å². The number of nitrogens with one attached hydrogen (secondary N) is 1. The zero-order valence-corrected chi connectivity index (χ0v) is 9.19. The molecule has 0 aromatic rings. The lowest BCUT2D eigenvalue weighted by Crippen LogP contribution is -2.41. The highest BCUT2D eigenvalue weighted by molar-refractivity contribution is 5.75. The lowest BCUT2D eigenvalue weighted by Gasteiger charge is -2.19. The van der Waals surface area contributed by atoms with Crippen molar-refractivity contribution in [3.8, 4) is 0 Å². The van der Waals surface area contributed by atoms with Crippen LogP contribution in [0.5, 0.6) is 0 Å². The molecule has 0 bridgehead atoms. The number of carbonyl (C=O) groups is 2. The van der Waals surface area contributed by atoms with Crippen LogP contribution in [0.1, 0.15) is 19.8 Å². The summed E-state index contributed by atoms with van der Waals surface area (Å²) in [5, 5.41) is 11.5. The van der Waals surface area contributed by atoms with Gasteiger partial charge in [0.1, 0.15) is 0 Å². The second-order valence-corrected chi connectivity index (χ2v) is 4.25. The van der Waals surface area contributed by atoms with Gasteiger partial charge in [0.25, 0.3) is 0 Å². The minimum Gasteiger partial charge on any atom is -0.481 e. The van der Waals surface area contributed by atoms with E-state index in [0.29, 0.717) is 12.5 Å². The molecular formula is C10H18N2O3. The number of carboxylic acids is 1. The SMILES string of the molecule is CC(CN(C)C(=O)NCC1CC1)C(=O)O. The molecule has 0 spiro atoms. The standard InChI is InChI=1S/C10H18N2O3/c1-7(9(13)14)6-12(2)10(15)11-5-8-3-4-8/h7-8H,3-6H2,1-2H3,(H,11,15)(H,13,14). The van der Waals surface area contributed by atoms with Crippen LogP contribution in [0.2, 0.25) is 0 Å². The van der Waals surface area contributed by atoms with E-state index in [9.17, 15) is 9.59 Å². The maximum atomic E-state index is 11.5. The van der Waals surface area contributed by atoms with Crippen molar-refractivity contribution in [2.24, 2.45) is 11.8 Å². The number of hydrogen-bond donors (Lipinski definition) is 2. The third-order valence-corrected chi connectivity index (χ3v) is 2.55. The predicted molar refractivity (Wildman–Crippen MR) is 55.6 cm³/mol. The van der Waals surface area contributed by atoms with Gasteiger partial charge in [0.05, 0.1) is 5.92 Å². The van der Waals surface area contributed by atoms with Crippen LogP contribution in [0.4, 0.5) is 4.79 Å². The first-order chi connectivity index (χ1) is 7.00. The summed E-state index contributed by atoms with van der Waals surface area (Å²) >= 11 is 0. The highest BCUT2D eigenvalue weighted by Crippen LogP contribution is 2.27. The number of carbonyl (C=O) groups excluding carboxylic acids is 1. The van der Waals surface area contributed by atoms with E-state index in [1.165, 1.54) is 17.7 Å². The van der Waals surface area contributed by atoms with Crippen molar-refractivity contribution >= 4 is 12.0 Å². The first kappa shape index (κ1) is 11.8. The Morgan fingerprint density at radius 3 is 2.60 bits per heavy atom. The summed E-state index contributed by atoms with van der Waals surface area (Å²) < 4.78 is 0. The lowest BCUT2D eigenvalue weighted by molar-refractivity contribution is -0.141. The first-order valence-electron chi connectivity index (χ1n) is 5.22. The molecule has 0 saturated heterocycles. The summed E-state index contributed by atoms with van der Waals surface area (Å²) in [4.78, 5) is 23.4. The third kappa shape index (κ3) is 4.18. The molecule has 1 aliphatic carbocycles. The molecular weight excluding hydrogens is 196 g/mol. The maximum Gasteiger partial charge on any atom is 0.317 e. The van der Waals surface area contributed by atoms with E-state index < -0.39 is 11.9 Å². The molecule has 1 rings (SSSR count). The zero-order chi connectivity index (χ0) is 11.4. The van der Waals surface area contributed by atoms with Gasteiger partial charge in [-0.3, -0.25) is 4.79 Å². The van der Waals surface area contributed by atoms with Crippen LogP contribution in [0.15, 0.2) is 0 Å². The normalized spacial score (nSPS) is 16.9. The average Bonchev–Trinajstić information content (AvgIpc) is 2.97. The van der Waals surface area contributed by atoms with Crippen LogP contribution in [0.25, 0.3) is 0 Å². The largest absolute Gasteiger partial charge is 0.481 e. The Morgan fingerprint density at radius 2 is 2.13 bits per heavy atom. The van der Waals surface area contributed by atoms with E-state index in [0.717, 1.165) is 0 Å². The molecule has 1 unspecified atom stereocenters. The van der Waals surface area contributed by atoms with Crippen molar-refractivity contribution < 1.29 is 14.7 Å². The highest BCUT2D eigenvalue weighted by atomic mass is 16.4. The quantitative estimate of drug-likeness (QED) is 0.709. The van der Waals surface area contributed by atoms with Gasteiger partial charge >= 0.3 is 12.0 Å². The maximum absolute atomic E-state index is 11.5. The number of urea groups is 1. The second-order valence-electron chi connectivity index (χ2n) is 4.25. The van der Waals surface area contributed by atoms with Crippen LogP contribution in [-0.2, 0) is 4.79 Å². The number of amides is 2. The lowest BCUT2D eigenvalue weighted by atomic mass is 10.2. The summed E-state index contributed by atoms with van der Waals surface area (Å²) in [6.07, 6.45) is 2.38. The summed E-state index contributed by atoms with van der Waals surface area (Å²) in [6.45, 7) is 2.55. The van der Waals surface area contributed by atoms with Crippen molar-refractivity contribution in [2.45, 2.75) is 19.8 Å². The predicted octanol–water partition coefficient (Wildman–Crippen LogP) is 0.758. The number of rotatable bonds is 5. The molecule has 1 saturated carbocycles. The van der Waals surface area contributed by atoms with Crippen molar-refractivity contribution in [3.05, 3.63) is 0 Å². The molecule has 2 N–H and O–H groups in total. The number of hydrogen-bond acceptors (Lipinski definition) is 2. The van der Waals surface area contributed by atoms with Gasteiger partial charge in [-0.2, -0.15) is 0 Å².